The van der Waals surface area contributed by atoms with Crippen molar-refractivity contribution < 1.29 is 4.79 Å². The Hall–Kier alpha value is -2.76. The molecule has 0 radical (unpaired) electrons. The SMILES string of the molecule is O=CCn1cnc2c(cnn2-c2ccccc2)c1=O. The maximum absolute atomic E-state index is 12.1. The van der Waals surface area contributed by atoms with Crippen LogP contribution in [-0.4, -0.2) is 25.6 Å². The summed E-state index contributed by atoms with van der Waals surface area (Å²) in [6.07, 6.45) is 3.50. The average Bonchev–Trinajstić information content (AvgIpc) is 2.88. The van der Waals surface area contributed by atoms with Gasteiger partial charge in [0.1, 0.15) is 18.0 Å². The van der Waals surface area contributed by atoms with Gasteiger partial charge in [-0.3, -0.25) is 9.36 Å². The smallest absolute Gasteiger partial charge is 0.264 e. The van der Waals surface area contributed by atoms with E-state index in [-0.39, 0.29) is 12.1 Å². The van der Waals surface area contributed by atoms with Crippen LogP contribution in [0.1, 0.15) is 0 Å². The highest BCUT2D eigenvalue weighted by Gasteiger charge is 2.10. The highest BCUT2D eigenvalue weighted by molar-refractivity contribution is 5.75. The Morgan fingerprint density at radius 3 is 2.74 bits per heavy atom. The molecule has 0 amide bonds. The first-order valence-electron chi connectivity index (χ1n) is 5.73. The van der Waals surface area contributed by atoms with Crippen LogP contribution < -0.4 is 5.56 Å². The maximum Gasteiger partial charge on any atom is 0.264 e. The molecule has 3 rings (SSSR count). The minimum atomic E-state index is -0.265. The van der Waals surface area contributed by atoms with Crippen molar-refractivity contribution >= 4 is 17.3 Å². The molecule has 0 fully saturated rings. The fourth-order valence-corrected chi connectivity index (χ4v) is 1.92. The van der Waals surface area contributed by atoms with Crippen molar-refractivity contribution in [3.05, 3.63) is 53.2 Å². The number of aldehydes is 1. The number of carbonyl (C=O) groups excluding carboxylic acids is 1. The van der Waals surface area contributed by atoms with Gasteiger partial charge >= 0.3 is 0 Å². The summed E-state index contributed by atoms with van der Waals surface area (Å²) in [5.41, 5.74) is 1.05. The van der Waals surface area contributed by atoms with Crippen molar-refractivity contribution in [1.29, 1.82) is 0 Å². The molecule has 6 heteroatoms. The summed E-state index contributed by atoms with van der Waals surface area (Å²) in [6.45, 7) is -0.00170. The zero-order chi connectivity index (χ0) is 13.2. The van der Waals surface area contributed by atoms with Gasteiger partial charge in [-0.05, 0) is 12.1 Å². The Balaban J connectivity index is 2.23. The van der Waals surface area contributed by atoms with Crippen LogP contribution in [0.4, 0.5) is 0 Å². The number of nitrogens with zero attached hydrogens (tertiary/aromatic N) is 4. The maximum atomic E-state index is 12.1. The lowest BCUT2D eigenvalue weighted by Crippen LogP contribution is -2.21. The van der Waals surface area contributed by atoms with Crippen LogP contribution in [0.15, 0.2) is 47.7 Å². The summed E-state index contributed by atoms with van der Waals surface area (Å²) in [6, 6.07) is 9.43. The van der Waals surface area contributed by atoms with Crippen LogP contribution in [0, 0.1) is 0 Å². The van der Waals surface area contributed by atoms with E-state index in [1.54, 1.807) is 4.68 Å². The quantitative estimate of drug-likeness (QED) is 0.648. The standard InChI is InChI=1S/C13H10N4O2/c18-7-6-16-9-14-12-11(13(16)19)8-15-17(12)10-4-2-1-3-5-10/h1-5,7-9H,6H2. The second-order valence-electron chi connectivity index (χ2n) is 4.00. The van der Waals surface area contributed by atoms with E-state index in [2.05, 4.69) is 10.1 Å². The van der Waals surface area contributed by atoms with Crippen molar-refractivity contribution in [3.8, 4) is 5.69 Å². The van der Waals surface area contributed by atoms with Crippen molar-refractivity contribution in [2.75, 3.05) is 0 Å². The minimum Gasteiger partial charge on any atom is -0.301 e. The van der Waals surface area contributed by atoms with Gasteiger partial charge in [0, 0.05) is 0 Å². The summed E-state index contributed by atoms with van der Waals surface area (Å²) >= 11 is 0. The van der Waals surface area contributed by atoms with Crippen LogP contribution >= 0.6 is 0 Å². The number of hydrogen-bond acceptors (Lipinski definition) is 4. The van der Waals surface area contributed by atoms with Gasteiger partial charge < -0.3 is 4.79 Å². The molecule has 1 aromatic carbocycles. The first kappa shape index (κ1) is 11.3. The molecule has 0 spiro atoms. The number of fused-ring (bicyclic) bond motifs is 1. The number of hydrogen-bond donors (Lipinski definition) is 0. The molecule has 3 aromatic rings. The second kappa shape index (κ2) is 4.49. The van der Waals surface area contributed by atoms with Crippen molar-refractivity contribution in [3.63, 3.8) is 0 Å². The van der Waals surface area contributed by atoms with Gasteiger partial charge in [-0.25, -0.2) is 9.67 Å². The number of rotatable bonds is 3. The number of aromatic nitrogens is 4. The van der Waals surface area contributed by atoms with Gasteiger partial charge in [-0.1, -0.05) is 18.2 Å². The van der Waals surface area contributed by atoms with E-state index < -0.39 is 0 Å². The molecule has 94 valence electrons. The summed E-state index contributed by atoms with van der Waals surface area (Å²) in [5.74, 6) is 0. The zero-order valence-electron chi connectivity index (χ0n) is 9.93. The fourth-order valence-electron chi connectivity index (χ4n) is 1.92. The number of benzene rings is 1. The van der Waals surface area contributed by atoms with Crippen molar-refractivity contribution in [2.45, 2.75) is 6.54 Å². The van der Waals surface area contributed by atoms with E-state index in [4.69, 9.17) is 0 Å². The Kier molecular flexibility index (Phi) is 2.68. The van der Waals surface area contributed by atoms with E-state index in [0.717, 1.165) is 5.69 Å². The number of carbonyl (C=O) groups is 1. The van der Waals surface area contributed by atoms with E-state index in [1.807, 2.05) is 30.3 Å². The molecule has 0 atom stereocenters. The van der Waals surface area contributed by atoms with Gasteiger partial charge in [-0.15, -0.1) is 0 Å². The lowest BCUT2D eigenvalue weighted by Gasteiger charge is -2.03. The van der Waals surface area contributed by atoms with Crippen molar-refractivity contribution in [1.82, 2.24) is 19.3 Å². The van der Waals surface area contributed by atoms with E-state index >= 15 is 0 Å². The molecule has 0 aliphatic carbocycles. The Labute approximate surface area is 107 Å². The lowest BCUT2D eigenvalue weighted by atomic mass is 10.3. The molecule has 0 saturated carbocycles. The molecule has 0 N–H and O–H groups in total. The molecule has 0 saturated heterocycles. The molecular formula is C13H10N4O2. The molecule has 0 aliphatic heterocycles. The Morgan fingerprint density at radius 1 is 1.21 bits per heavy atom. The minimum absolute atomic E-state index is 0.00170. The Bertz CT molecular complexity index is 789. The fraction of sp³-hybridized carbons (Fsp3) is 0.0769. The van der Waals surface area contributed by atoms with Crippen LogP contribution in [0.5, 0.6) is 0 Å². The van der Waals surface area contributed by atoms with Gasteiger partial charge in [0.05, 0.1) is 18.4 Å². The van der Waals surface area contributed by atoms with E-state index in [0.29, 0.717) is 17.3 Å². The van der Waals surface area contributed by atoms with Crippen LogP contribution in [0.25, 0.3) is 16.7 Å². The Morgan fingerprint density at radius 2 is 2.00 bits per heavy atom. The monoisotopic (exact) mass is 254 g/mol. The number of para-hydroxylation sites is 1. The van der Waals surface area contributed by atoms with Crippen LogP contribution in [0.3, 0.4) is 0 Å². The zero-order valence-corrected chi connectivity index (χ0v) is 9.93. The predicted octanol–water partition coefficient (Wildman–Crippen LogP) is 0.781. The highest BCUT2D eigenvalue weighted by Crippen LogP contribution is 2.12. The molecule has 2 aromatic heterocycles. The van der Waals surface area contributed by atoms with Crippen molar-refractivity contribution in [2.24, 2.45) is 0 Å². The van der Waals surface area contributed by atoms with Gasteiger partial charge in [0.2, 0.25) is 0 Å². The topological polar surface area (TPSA) is 69.8 Å². The first-order valence-corrected chi connectivity index (χ1v) is 5.73. The normalized spacial score (nSPS) is 10.7. The third-order valence-corrected chi connectivity index (χ3v) is 2.83. The van der Waals surface area contributed by atoms with Crippen LogP contribution in [0.2, 0.25) is 0 Å². The summed E-state index contributed by atoms with van der Waals surface area (Å²) in [7, 11) is 0. The summed E-state index contributed by atoms with van der Waals surface area (Å²) < 4.78 is 2.86. The molecule has 0 unspecified atom stereocenters. The molecule has 6 nitrogen and oxygen atoms in total. The molecule has 0 aliphatic rings. The first-order chi connectivity index (χ1) is 9.31. The van der Waals surface area contributed by atoms with Gasteiger partial charge in [-0.2, -0.15) is 5.10 Å². The molecule has 19 heavy (non-hydrogen) atoms. The molecule has 2 heterocycles. The van der Waals surface area contributed by atoms with E-state index in [1.165, 1.54) is 17.1 Å². The van der Waals surface area contributed by atoms with Crippen LogP contribution in [-0.2, 0) is 11.3 Å². The summed E-state index contributed by atoms with van der Waals surface area (Å²) in [4.78, 5) is 26.8. The highest BCUT2D eigenvalue weighted by atomic mass is 16.1. The molecular weight excluding hydrogens is 244 g/mol. The largest absolute Gasteiger partial charge is 0.301 e. The summed E-state index contributed by atoms with van der Waals surface area (Å²) in [5, 5.41) is 4.58. The van der Waals surface area contributed by atoms with Gasteiger partial charge in [0.15, 0.2) is 5.65 Å². The van der Waals surface area contributed by atoms with Gasteiger partial charge in [0.25, 0.3) is 5.56 Å². The van der Waals surface area contributed by atoms with E-state index in [9.17, 15) is 9.59 Å². The predicted molar refractivity (Wildman–Crippen MR) is 69.2 cm³/mol. The third kappa shape index (κ3) is 1.83. The lowest BCUT2D eigenvalue weighted by molar-refractivity contribution is -0.108. The molecule has 0 bridgehead atoms. The third-order valence-electron chi connectivity index (χ3n) is 2.83. The average molecular weight is 254 g/mol. The second-order valence-corrected chi connectivity index (χ2v) is 4.00.